The molecular weight excluding hydrogens is 240 g/mol. The summed E-state index contributed by atoms with van der Waals surface area (Å²) in [6.45, 7) is 4.82. The first-order valence-electron chi connectivity index (χ1n) is 7.91. The summed E-state index contributed by atoms with van der Waals surface area (Å²) in [6, 6.07) is 1.71. The lowest BCUT2D eigenvalue weighted by atomic mass is 10.1. The largest absolute Gasteiger partial charge is 0.0773 e. The maximum absolute atomic E-state index is 2.53. The van der Waals surface area contributed by atoms with Gasteiger partial charge in [-0.25, -0.2) is 0 Å². The van der Waals surface area contributed by atoms with Crippen LogP contribution in [0.4, 0.5) is 0 Å². The molecule has 0 bridgehead atoms. The van der Waals surface area contributed by atoms with Crippen LogP contribution < -0.4 is 0 Å². The highest BCUT2D eigenvalue weighted by Gasteiger charge is 1.93. The van der Waals surface area contributed by atoms with Crippen LogP contribution in [0.15, 0.2) is 0 Å². The zero-order valence-electron chi connectivity index (χ0n) is 11.9. The lowest BCUT2D eigenvalue weighted by molar-refractivity contribution is 0.562. The van der Waals surface area contributed by atoms with Gasteiger partial charge in [0.05, 0.1) is 0 Å². The van der Waals surface area contributed by atoms with Gasteiger partial charge in [0.25, 0.3) is 0 Å². The number of rotatable bonds is 13. The van der Waals surface area contributed by atoms with Gasteiger partial charge in [0, 0.05) is 18.1 Å². The molecule has 0 aromatic heterocycles. The first-order valence-corrected chi connectivity index (χ1v) is 18.3. The van der Waals surface area contributed by atoms with Crippen LogP contribution in [0.5, 0.6) is 0 Å². The molecule has 0 aliphatic heterocycles. The molecular formula is C13H34Si3. The SMILES string of the molecule is CCCCCCCCCCCC[SiH2][SiH2][SiH2]C. The highest BCUT2D eigenvalue weighted by molar-refractivity contribution is 7.29. The van der Waals surface area contributed by atoms with Crippen molar-refractivity contribution in [3.8, 4) is 0 Å². The minimum atomic E-state index is 0.556. The summed E-state index contributed by atoms with van der Waals surface area (Å²) in [6.07, 6.45) is 15.0. The number of hydrogen-bond donors (Lipinski definition) is 0. The summed E-state index contributed by atoms with van der Waals surface area (Å²) < 4.78 is 0. The second-order valence-corrected chi connectivity index (χ2v) is 22.0. The predicted molar refractivity (Wildman–Crippen MR) is 88.1 cm³/mol. The molecule has 0 atom stereocenters. The molecule has 0 nitrogen and oxygen atoms in total. The van der Waals surface area contributed by atoms with E-state index >= 15 is 0 Å². The molecule has 0 amide bonds. The van der Waals surface area contributed by atoms with Gasteiger partial charge in [-0.05, 0) is 8.55 Å². The third kappa shape index (κ3) is 14.7. The third-order valence-corrected chi connectivity index (χ3v) is 21.6. The molecule has 0 unspecified atom stereocenters. The summed E-state index contributed by atoms with van der Waals surface area (Å²) >= 11 is 0. The van der Waals surface area contributed by atoms with Crippen molar-refractivity contribution in [1.29, 1.82) is 0 Å². The maximum atomic E-state index is 2.53. The van der Waals surface area contributed by atoms with Crippen LogP contribution in [-0.2, 0) is 0 Å². The van der Waals surface area contributed by atoms with Crippen molar-refractivity contribution in [2.24, 2.45) is 0 Å². The van der Waals surface area contributed by atoms with E-state index in [2.05, 4.69) is 13.5 Å². The Balaban J connectivity index is 2.83. The van der Waals surface area contributed by atoms with Gasteiger partial charge in [-0.15, -0.1) is 0 Å². The van der Waals surface area contributed by atoms with Crippen LogP contribution in [0.3, 0.4) is 0 Å². The maximum Gasteiger partial charge on any atom is 0.00492 e. The molecule has 0 heterocycles. The third-order valence-electron chi connectivity index (χ3n) is 3.46. The highest BCUT2D eigenvalue weighted by Crippen LogP contribution is 2.10. The van der Waals surface area contributed by atoms with E-state index in [4.69, 9.17) is 0 Å². The van der Waals surface area contributed by atoms with Gasteiger partial charge in [0.2, 0.25) is 0 Å². The van der Waals surface area contributed by atoms with Crippen molar-refractivity contribution in [1.82, 2.24) is 0 Å². The molecule has 0 aliphatic rings. The van der Waals surface area contributed by atoms with Gasteiger partial charge >= 0.3 is 0 Å². The molecule has 0 N–H and O–H groups in total. The molecule has 0 rings (SSSR count). The fourth-order valence-electron chi connectivity index (χ4n) is 2.27. The van der Waals surface area contributed by atoms with E-state index < -0.39 is 0 Å². The Hall–Kier alpha value is 0.651. The molecule has 0 radical (unpaired) electrons. The minimum Gasteiger partial charge on any atom is -0.0773 e. The Morgan fingerprint density at radius 2 is 1.19 bits per heavy atom. The number of hydrogen-bond acceptors (Lipinski definition) is 0. The van der Waals surface area contributed by atoms with E-state index in [9.17, 15) is 0 Å². The molecule has 3 heteroatoms. The van der Waals surface area contributed by atoms with Crippen molar-refractivity contribution in [2.75, 3.05) is 0 Å². The summed E-state index contributed by atoms with van der Waals surface area (Å²) in [5.41, 5.74) is 0. The standard InChI is InChI=1S/C13H34Si3/c1-3-4-5-6-7-8-9-10-11-12-13-15-16-14-2/h3-16H2,1-2H3. The van der Waals surface area contributed by atoms with Gasteiger partial charge in [0.1, 0.15) is 0 Å². The molecule has 0 aliphatic carbocycles. The average Bonchev–Trinajstić information content (AvgIpc) is 2.31. The van der Waals surface area contributed by atoms with Crippen LogP contribution in [0.2, 0.25) is 12.6 Å². The summed E-state index contributed by atoms with van der Waals surface area (Å²) in [4.78, 5) is 0. The van der Waals surface area contributed by atoms with E-state index in [0.717, 1.165) is 0 Å². The lowest BCUT2D eigenvalue weighted by Gasteiger charge is -2.01. The van der Waals surface area contributed by atoms with Gasteiger partial charge in [-0.2, -0.15) is 0 Å². The normalized spacial score (nSPS) is 13.1. The fourth-order valence-corrected chi connectivity index (χ4v) is 15.1. The topological polar surface area (TPSA) is 0 Å². The zero-order chi connectivity index (χ0) is 11.9. The average molecular weight is 275 g/mol. The first-order chi connectivity index (χ1) is 7.91. The highest BCUT2D eigenvalue weighted by atomic mass is 29.5. The summed E-state index contributed by atoms with van der Waals surface area (Å²) in [5, 5.41) is 0. The monoisotopic (exact) mass is 274 g/mol. The Bertz CT molecular complexity index is 104. The van der Waals surface area contributed by atoms with Gasteiger partial charge in [-0.1, -0.05) is 83.7 Å². The van der Waals surface area contributed by atoms with Crippen LogP contribution >= 0.6 is 0 Å². The van der Waals surface area contributed by atoms with Crippen LogP contribution in [0, 0.1) is 0 Å². The van der Waals surface area contributed by atoms with Crippen LogP contribution in [0.1, 0.15) is 71.1 Å². The minimum absolute atomic E-state index is 0.556. The van der Waals surface area contributed by atoms with Gasteiger partial charge < -0.3 is 0 Å². The Morgan fingerprint density at radius 1 is 0.688 bits per heavy atom. The van der Waals surface area contributed by atoms with E-state index in [0.29, 0.717) is 26.6 Å². The number of unbranched alkanes of at least 4 members (excludes halogenated alkanes) is 9. The van der Waals surface area contributed by atoms with Gasteiger partial charge in [-0.3, -0.25) is 0 Å². The molecule has 0 spiro atoms. The molecule has 0 fully saturated rings. The zero-order valence-corrected chi connectivity index (χ0v) is 16.1. The van der Waals surface area contributed by atoms with Crippen molar-refractivity contribution < 1.29 is 0 Å². The molecule has 0 saturated carbocycles. The van der Waals surface area contributed by atoms with E-state index in [1.807, 2.05) is 0 Å². The van der Waals surface area contributed by atoms with E-state index in [1.165, 1.54) is 51.4 Å². The Labute approximate surface area is 110 Å². The van der Waals surface area contributed by atoms with Crippen LogP contribution in [0.25, 0.3) is 0 Å². The first kappa shape index (κ1) is 16.7. The quantitative estimate of drug-likeness (QED) is 0.358. The van der Waals surface area contributed by atoms with Crippen molar-refractivity contribution in [3.05, 3.63) is 0 Å². The second kappa shape index (κ2) is 15.7. The van der Waals surface area contributed by atoms with Crippen molar-refractivity contribution in [2.45, 2.75) is 83.7 Å². The Kier molecular flexibility index (Phi) is 16.3. The fraction of sp³-hybridized carbons (Fsp3) is 1.00. The molecule has 0 saturated heterocycles. The smallest absolute Gasteiger partial charge is 0.00492 e. The Morgan fingerprint density at radius 3 is 1.69 bits per heavy atom. The second-order valence-electron chi connectivity index (χ2n) is 5.24. The van der Waals surface area contributed by atoms with Crippen molar-refractivity contribution in [3.63, 3.8) is 0 Å². The van der Waals surface area contributed by atoms with Crippen LogP contribution in [-0.4, -0.2) is 26.6 Å². The van der Waals surface area contributed by atoms with E-state index in [-0.39, 0.29) is 0 Å². The molecule has 98 valence electrons. The summed E-state index contributed by atoms with van der Waals surface area (Å²) in [5.74, 6) is 0. The van der Waals surface area contributed by atoms with Crippen molar-refractivity contribution >= 4 is 26.6 Å². The molecule has 16 heavy (non-hydrogen) atoms. The lowest BCUT2D eigenvalue weighted by Crippen LogP contribution is -2.08. The summed E-state index contributed by atoms with van der Waals surface area (Å²) in [7, 11) is 1.76. The predicted octanol–water partition coefficient (Wildman–Crippen LogP) is 2.71. The van der Waals surface area contributed by atoms with E-state index in [1.54, 1.807) is 18.9 Å². The van der Waals surface area contributed by atoms with Gasteiger partial charge in [0.15, 0.2) is 0 Å². The molecule has 0 aromatic carbocycles. The molecule has 0 aromatic rings.